The Balaban J connectivity index is 2.52. The minimum absolute atomic E-state index is 0.00514. The average Bonchev–Trinajstić information content (AvgIpc) is 2.44. The molecule has 1 fully saturated rings. The van der Waals surface area contributed by atoms with E-state index >= 15 is 0 Å². The molecule has 2 N–H and O–H groups in total. The van der Waals surface area contributed by atoms with Crippen LogP contribution in [0.3, 0.4) is 0 Å². The molecular weight excluding hydrogens is 276 g/mol. The molecule has 0 atom stereocenters. The fourth-order valence-corrected chi connectivity index (χ4v) is 1.86. The highest BCUT2D eigenvalue weighted by Gasteiger charge is 2.18. The number of carboxylic acid groups (broad SMARTS) is 1. The second kappa shape index (κ2) is 7.89. The first-order valence-electron chi connectivity index (χ1n) is 6.55. The van der Waals surface area contributed by atoms with Gasteiger partial charge in [-0.05, 0) is 0 Å². The molecule has 0 aromatic carbocycles. The zero-order valence-corrected chi connectivity index (χ0v) is 11.8. The van der Waals surface area contributed by atoms with Gasteiger partial charge in [-0.15, -0.1) is 0 Å². The van der Waals surface area contributed by atoms with E-state index in [0.717, 1.165) is 0 Å². The van der Waals surface area contributed by atoms with Crippen LogP contribution in [0.25, 0.3) is 0 Å². The number of rotatable bonds is 5. The number of aliphatic carboxylic acids is 1. The van der Waals surface area contributed by atoms with Crippen molar-refractivity contribution in [3.05, 3.63) is 11.8 Å². The lowest BCUT2D eigenvalue weighted by Gasteiger charge is -2.33. The van der Waals surface area contributed by atoms with Crippen molar-refractivity contribution in [1.29, 1.82) is 5.26 Å². The lowest BCUT2D eigenvalue weighted by atomic mass is 10.2. The summed E-state index contributed by atoms with van der Waals surface area (Å²) >= 11 is 0. The van der Waals surface area contributed by atoms with Gasteiger partial charge in [-0.25, -0.2) is 0 Å². The van der Waals surface area contributed by atoms with Crippen LogP contribution in [0.1, 0.15) is 13.3 Å². The molecule has 8 nitrogen and oxygen atoms in total. The predicted octanol–water partition coefficient (Wildman–Crippen LogP) is -0.851. The van der Waals surface area contributed by atoms with E-state index in [4.69, 9.17) is 10.4 Å². The quantitative estimate of drug-likeness (QED) is 0.504. The van der Waals surface area contributed by atoms with Gasteiger partial charge < -0.3 is 20.2 Å². The van der Waals surface area contributed by atoms with Gasteiger partial charge in [0.15, 0.2) is 0 Å². The largest absolute Gasteiger partial charge is 0.481 e. The summed E-state index contributed by atoms with van der Waals surface area (Å²) < 4.78 is 0. The third kappa shape index (κ3) is 5.52. The van der Waals surface area contributed by atoms with Crippen LogP contribution in [0.15, 0.2) is 11.8 Å². The Hall–Kier alpha value is -2.56. The molecule has 0 aromatic rings. The van der Waals surface area contributed by atoms with Crippen molar-refractivity contribution in [3.63, 3.8) is 0 Å². The number of piperazine rings is 1. The van der Waals surface area contributed by atoms with Crippen molar-refractivity contribution in [2.75, 3.05) is 32.7 Å². The van der Waals surface area contributed by atoms with Gasteiger partial charge >= 0.3 is 5.97 Å². The van der Waals surface area contributed by atoms with E-state index in [1.54, 1.807) is 15.9 Å². The van der Waals surface area contributed by atoms with Crippen LogP contribution in [0.2, 0.25) is 0 Å². The topological polar surface area (TPSA) is 114 Å². The maximum absolute atomic E-state index is 11.7. The molecule has 1 saturated heterocycles. The minimum Gasteiger partial charge on any atom is -0.481 e. The Kier molecular flexibility index (Phi) is 6.20. The van der Waals surface area contributed by atoms with E-state index < -0.39 is 11.9 Å². The molecular formula is C13H18N4O4. The van der Waals surface area contributed by atoms with E-state index in [9.17, 15) is 14.4 Å². The number of amides is 2. The lowest BCUT2D eigenvalue weighted by molar-refractivity contribution is -0.137. The third-order valence-corrected chi connectivity index (χ3v) is 3.06. The van der Waals surface area contributed by atoms with Crippen LogP contribution < -0.4 is 5.32 Å². The molecule has 0 bridgehead atoms. The van der Waals surface area contributed by atoms with E-state index in [2.05, 4.69) is 5.32 Å². The van der Waals surface area contributed by atoms with Crippen LogP contribution in [-0.2, 0) is 14.4 Å². The second-order valence-corrected chi connectivity index (χ2v) is 4.60. The van der Waals surface area contributed by atoms with Crippen molar-refractivity contribution in [3.8, 4) is 6.07 Å². The summed E-state index contributed by atoms with van der Waals surface area (Å²) in [5.74, 6) is -1.60. The summed E-state index contributed by atoms with van der Waals surface area (Å²) in [6.45, 7) is 3.67. The van der Waals surface area contributed by atoms with Crippen molar-refractivity contribution in [2.24, 2.45) is 0 Å². The smallest absolute Gasteiger partial charge is 0.305 e. The van der Waals surface area contributed by atoms with Gasteiger partial charge in [0.1, 0.15) is 11.6 Å². The van der Waals surface area contributed by atoms with Crippen molar-refractivity contribution in [1.82, 2.24) is 15.1 Å². The number of hydrogen-bond acceptors (Lipinski definition) is 5. The Morgan fingerprint density at radius 2 is 1.90 bits per heavy atom. The molecule has 0 aliphatic carbocycles. The Morgan fingerprint density at radius 1 is 1.29 bits per heavy atom. The number of carbonyl (C=O) groups excluding carboxylic acids is 2. The summed E-state index contributed by atoms with van der Waals surface area (Å²) in [5.41, 5.74) is -0.0725. The first-order chi connectivity index (χ1) is 9.93. The molecule has 0 saturated carbocycles. The first-order valence-corrected chi connectivity index (χ1v) is 6.55. The molecule has 1 aliphatic heterocycles. The number of carbonyl (C=O) groups is 3. The van der Waals surface area contributed by atoms with Gasteiger partial charge in [-0.2, -0.15) is 5.26 Å². The minimum atomic E-state index is -1.02. The van der Waals surface area contributed by atoms with E-state index in [0.29, 0.717) is 26.2 Å². The number of hydrogen-bond donors (Lipinski definition) is 2. The van der Waals surface area contributed by atoms with Crippen LogP contribution in [0, 0.1) is 11.3 Å². The monoisotopic (exact) mass is 294 g/mol. The molecule has 114 valence electrons. The highest BCUT2D eigenvalue weighted by molar-refractivity contribution is 5.97. The van der Waals surface area contributed by atoms with Crippen LogP contribution in [0.4, 0.5) is 0 Å². The van der Waals surface area contributed by atoms with Gasteiger partial charge in [0.05, 0.1) is 6.42 Å². The van der Waals surface area contributed by atoms with Crippen molar-refractivity contribution in [2.45, 2.75) is 13.3 Å². The first kappa shape index (κ1) is 16.5. The molecule has 1 aliphatic rings. The molecule has 1 heterocycles. The van der Waals surface area contributed by atoms with E-state index in [-0.39, 0.29) is 24.4 Å². The maximum Gasteiger partial charge on any atom is 0.305 e. The van der Waals surface area contributed by atoms with Gasteiger partial charge in [0.2, 0.25) is 5.91 Å². The molecule has 21 heavy (non-hydrogen) atoms. The van der Waals surface area contributed by atoms with Crippen LogP contribution >= 0.6 is 0 Å². The molecule has 2 amide bonds. The average molecular weight is 294 g/mol. The summed E-state index contributed by atoms with van der Waals surface area (Å²) in [7, 11) is 0. The summed E-state index contributed by atoms with van der Waals surface area (Å²) in [6.07, 6.45) is 1.26. The van der Waals surface area contributed by atoms with Gasteiger partial charge in [-0.3, -0.25) is 14.4 Å². The third-order valence-electron chi connectivity index (χ3n) is 3.06. The second-order valence-electron chi connectivity index (χ2n) is 4.60. The van der Waals surface area contributed by atoms with Crippen molar-refractivity contribution < 1.29 is 19.5 Å². The highest BCUT2D eigenvalue weighted by Crippen LogP contribution is 2.05. The van der Waals surface area contributed by atoms with Crippen LogP contribution in [-0.4, -0.2) is 65.4 Å². The Bertz CT molecular complexity index is 487. The summed E-state index contributed by atoms with van der Waals surface area (Å²) in [4.78, 5) is 36.8. The van der Waals surface area contributed by atoms with Crippen molar-refractivity contribution >= 4 is 17.8 Å². The standard InChI is InChI=1S/C13H18N4O4/c1-10(18)17-6-4-16(5-7-17)9-11(8-14)13(21)15-3-2-12(19)20/h9H,2-7H2,1H3,(H,15,21)(H,19,20)/b11-9-. The number of nitriles is 1. The highest BCUT2D eigenvalue weighted by atomic mass is 16.4. The predicted molar refractivity (Wildman–Crippen MR) is 72.8 cm³/mol. The molecule has 0 spiro atoms. The molecule has 0 unspecified atom stereocenters. The maximum atomic E-state index is 11.7. The Labute approximate surface area is 122 Å². The van der Waals surface area contributed by atoms with Gasteiger partial charge in [0.25, 0.3) is 5.91 Å². The fraction of sp³-hybridized carbons (Fsp3) is 0.538. The SMILES string of the molecule is CC(=O)N1CCN(/C=C(/C#N)C(=O)NCCC(=O)O)CC1. The number of nitrogens with one attached hydrogen (secondary N) is 1. The molecule has 1 rings (SSSR count). The van der Waals surface area contributed by atoms with E-state index in [1.165, 1.54) is 13.1 Å². The number of carboxylic acids is 1. The Morgan fingerprint density at radius 3 is 2.38 bits per heavy atom. The number of nitrogens with zero attached hydrogens (tertiary/aromatic N) is 3. The molecule has 8 heteroatoms. The lowest BCUT2D eigenvalue weighted by Crippen LogP contribution is -2.46. The molecule has 0 aromatic heterocycles. The zero-order chi connectivity index (χ0) is 15.8. The summed E-state index contributed by atoms with van der Waals surface area (Å²) in [6, 6.07) is 1.80. The van der Waals surface area contributed by atoms with E-state index in [1.807, 2.05) is 0 Å². The normalized spacial score (nSPS) is 15.3. The molecule has 0 radical (unpaired) electrons. The van der Waals surface area contributed by atoms with Gasteiger partial charge in [-0.1, -0.05) is 0 Å². The zero-order valence-electron chi connectivity index (χ0n) is 11.8. The fourth-order valence-electron chi connectivity index (χ4n) is 1.86. The van der Waals surface area contributed by atoms with Crippen LogP contribution in [0.5, 0.6) is 0 Å². The summed E-state index contributed by atoms with van der Waals surface area (Å²) in [5, 5.41) is 19.9. The van der Waals surface area contributed by atoms with Gasteiger partial charge in [0, 0.05) is 45.8 Å².